The van der Waals surface area contributed by atoms with Gasteiger partial charge in [0.1, 0.15) is 11.6 Å². The molecule has 0 saturated carbocycles. The molecule has 1 aromatic carbocycles. The van der Waals surface area contributed by atoms with E-state index in [0.717, 1.165) is 0 Å². The van der Waals surface area contributed by atoms with Crippen LogP contribution in [0.25, 0.3) is 0 Å². The molecule has 0 saturated heterocycles. The molecule has 100 valence electrons. The van der Waals surface area contributed by atoms with Crippen molar-refractivity contribution in [3.05, 3.63) is 50.5 Å². The van der Waals surface area contributed by atoms with Crippen molar-refractivity contribution in [2.75, 3.05) is 11.1 Å². The number of halogens is 2. The first-order chi connectivity index (χ1) is 8.90. The number of pyridine rings is 1. The van der Waals surface area contributed by atoms with Gasteiger partial charge in [0.05, 0.1) is 11.4 Å². The minimum absolute atomic E-state index is 0.172. The number of nitrogens with one attached hydrogen (secondary N) is 1. The molecule has 0 aliphatic rings. The van der Waals surface area contributed by atoms with Crippen LogP contribution in [0.1, 0.15) is 5.56 Å². The standard InChI is InChI=1S/C13H13BrFN3O/c1-7-5-10(16)12(18(2)13(7)19)17-11-4-3-8(14)6-9(11)15/h3-6,17H,16H2,1-2H3. The molecule has 0 fully saturated rings. The van der Waals surface area contributed by atoms with Crippen LogP contribution in [0.5, 0.6) is 0 Å². The van der Waals surface area contributed by atoms with E-state index in [2.05, 4.69) is 21.2 Å². The van der Waals surface area contributed by atoms with Crippen LogP contribution in [0.4, 0.5) is 21.6 Å². The molecule has 2 rings (SSSR count). The monoisotopic (exact) mass is 325 g/mol. The highest BCUT2D eigenvalue weighted by Crippen LogP contribution is 2.25. The van der Waals surface area contributed by atoms with E-state index in [9.17, 15) is 9.18 Å². The highest BCUT2D eigenvalue weighted by atomic mass is 79.9. The van der Waals surface area contributed by atoms with E-state index in [1.54, 1.807) is 32.2 Å². The van der Waals surface area contributed by atoms with Crippen LogP contribution in [0, 0.1) is 12.7 Å². The van der Waals surface area contributed by atoms with E-state index in [-0.39, 0.29) is 11.2 Å². The van der Waals surface area contributed by atoms with E-state index in [0.29, 0.717) is 21.5 Å². The van der Waals surface area contributed by atoms with Gasteiger partial charge in [0.2, 0.25) is 0 Å². The van der Waals surface area contributed by atoms with Gasteiger partial charge in [-0.3, -0.25) is 9.36 Å². The first-order valence-corrected chi connectivity index (χ1v) is 6.37. The molecule has 0 atom stereocenters. The summed E-state index contributed by atoms with van der Waals surface area (Å²) in [4.78, 5) is 11.8. The van der Waals surface area contributed by atoms with Crippen molar-refractivity contribution >= 4 is 33.1 Å². The van der Waals surface area contributed by atoms with Gasteiger partial charge in [0.25, 0.3) is 5.56 Å². The van der Waals surface area contributed by atoms with Gasteiger partial charge >= 0.3 is 0 Å². The van der Waals surface area contributed by atoms with Crippen molar-refractivity contribution in [2.45, 2.75) is 6.92 Å². The first-order valence-electron chi connectivity index (χ1n) is 5.58. The molecule has 2 aromatic rings. The van der Waals surface area contributed by atoms with E-state index in [1.807, 2.05) is 0 Å². The zero-order valence-electron chi connectivity index (χ0n) is 10.5. The molecule has 4 nitrogen and oxygen atoms in total. The lowest BCUT2D eigenvalue weighted by molar-refractivity contribution is 0.630. The minimum atomic E-state index is -0.429. The average molecular weight is 326 g/mol. The third kappa shape index (κ3) is 2.63. The van der Waals surface area contributed by atoms with E-state index in [4.69, 9.17) is 5.73 Å². The lowest BCUT2D eigenvalue weighted by Crippen LogP contribution is -2.23. The number of rotatable bonds is 2. The predicted octanol–water partition coefficient (Wildman–Crippen LogP) is 2.92. The summed E-state index contributed by atoms with van der Waals surface area (Å²) in [5, 5.41) is 2.85. The maximum Gasteiger partial charge on any atom is 0.254 e. The summed E-state index contributed by atoms with van der Waals surface area (Å²) in [5.41, 5.74) is 6.89. The molecule has 0 aliphatic carbocycles. The molecule has 0 amide bonds. The number of nitrogens with two attached hydrogens (primary N) is 1. The van der Waals surface area contributed by atoms with Crippen molar-refractivity contribution in [3.8, 4) is 0 Å². The quantitative estimate of drug-likeness (QED) is 0.892. The predicted molar refractivity (Wildman–Crippen MR) is 78.2 cm³/mol. The number of aromatic nitrogens is 1. The number of aryl methyl sites for hydroxylation is 1. The van der Waals surface area contributed by atoms with Crippen LogP contribution in [0.2, 0.25) is 0 Å². The molecule has 0 unspecified atom stereocenters. The fourth-order valence-corrected chi connectivity index (χ4v) is 2.13. The van der Waals surface area contributed by atoms with Crippen molar-refractivity contribution in [1.29, 1.82) is 0 Å². The third-order valence-electron chi connectivity index (χ3n) is 2.81. The van der Waals surface area contributed by atoms with Crippen molar-refractivity contribution in [1.82, 2.24) is 4.57 Å². The van der Waals surface area contributed by atoms with Gasteiger partial charge in [-0.25, -0.2) is 4.39 Å². The Morgan fingerprint density at radius 2 is 2.05 bits per heavy atom. The van der Waals surface area contributed by atoms with Gasteiger partial charge in [0, 0.05) is 17.1 Å². The van der Waals surface area contributed by atoms with Crippen molar-refractivity contribution in [2.24, 2.45) is 7.05 Å². The first kappa shape index (κ1) is 13.6. The Kier molecular flexibility index (Phi) is 3.61. The van der Waals surface area contributed by atoms with E-state index in [1.165, 1.54) is 10.6 Å². The summed E-state index contributed by atoms with van der Waals surface area (Å²) in [5.74, 6) is -0.0568. The Hall–Kier alpha value is -1.82. The van der Waals surface area contributed by atoms with Gasteiger partial charge in [-0.05, 0) is 31.2 Å². The number of hydrogen-bond donors (Lipinski definition) is 2. The highest BCUT2D eigenvalue weighted by Gasteiger charge is 2.10. The summed E-state index contributed by atoms with van der Waals surface area (Å²) in [6, 6.07) is 6.18. The molecule has 0 aliphatic heterocycles. The van der Waals surface area contributed by atoms with E-state index < -0.39 is 5.82 Å². The molecular formula is C13H13BrFN3O. The van der Waals surface area contributed by atoms with Crippen LogP contribution in [-0.4, -0.2) is 4.57 Å². The Morgan fingerprint density at radius 3 is 2.68 bits per heavy atom. The molecule has 0 spiro atoms. The molecule has 3 N–H and O–H groups in total. The minimum Gasteiger partial charge on any atom is -0.396 e. The molecule has 0 radical (unpaired) electrons. The van der Waals surface area contributed by atoms with Crippen LogP contribution >= 0.6 is 15.9 Å². The zero-order chi connectivity index (χ0) is 14.2. The van der Waals surface area contributed by atoms with Crippen LogP contribution in [0.3, 0.4) is 0 Å². The SMILES string of the molecule is Cc1cc(N)c(Nc2ccc(Br)cc2F)n(C)c1=O. The maximum atomic E-state index is 13.8. The fourth-order valence-electron chi connectivity index (χ4n) is 1.80. The molecule has 1 heterocycles. The second-order valence-corrected chi connectivity index (χ2v) is 5.16. The molecule has 1 aromatic heterocycles. The Morgan fingerprint density at radius 1 is 1.37 bits per heavy atom. The summed E-state index contributed by atoms with van der Waals surface area (Å²) < 4.78 is 15.8. The van der Waals surface area contributed by atoms with Crippen LogP contribution in [-0.2, 0) is 7.05 Å². The summed E-state index contributed by atoms with van der Waals surface area (Å²) in [7, 11) is 1.59. The van der Waals surface area contributed by atoms with Gasteiger partial charge in [-0.15, -0.1) is 0 Å². The van der Waals surface area contributed by atoms with Crippen LogP contribution in [0.15, 0.2) is 33.5 Å². The zero-order valence-corrected chi connectivity index (χ0v) is 12.1. The second-order valence-electron chi connectivity index (χ2n) is 4.24. The number of nitrogens with zero attached hydrogens (tertiary/aromatic N) is 1. The average Bonchev–Trinajstić information content (AvgIpc) is 2.34. The second kappa shape index (κ2) is 5.05. The van der Waals surface area contributed by atoms with Gasteiger partial charge in [-0.1, -0.05) is 15.9 Å². The highest BCUT2D eigenvalue weighted by molar-refractivity contribution is 9.10. The normalized spacial score (nSPS) is 10.5. The lowest BCUT2D eigenvalue weighted by atomic mass is 10.2. The molecule has 6 heteroatoms. The van der Waals surface area contributed by atoms with Gasteiger partial charge < -0.3 is 11.1 Å². The van der Waals surface area contributed by atoms with E-state index >= 15 is 0 Å². The Balaban J connectivity index is 2.50. The maximum absolute atomic E-state index is 13.8. The number of benzene rings is 1. The lowest BCUT2D eigenvalue weighted by Gasteiger charge is -2.15. The molecular weight excluding hydrogens is 313 g/mol. The van der Waals surface area contributed by atoms with Crippen LogP contribution < -0.4 is 16.6 Å². The summed E-state index contributed by atoms with van der Waals surface area (Å²) in [6.07, 6.45) is 0. The topological polar surface area (TPSA) is 60.0 Å². The van der Waals surface area contributed by atoms with Crippen molar-refractivity contribution < 1.29 is 4.39 Å². The molecule has 19 heavy (non-hydrogen) atoms. The largest absolute Gasteiger partial charge is 0.396 e. The number of nitrogen functional groups attached to an aromatic ring is 1. The number of anilines is 3. The Bertz CT molecular complexity index is 697. The van der Waals surface area contributed by atoms with Gasteiger partial charge in [0.15, 0.2) is 0 Å². The smallest absolute Gasteiger partial charge is 0.254 e. The fraction of sp³-hybridized carbons (Fsp3) is 0.154. The Labute approximate surface area is 118 Å². The van der Waals surface area contributed by atoms with Gasteiger partial charge in [-0.2, -0.15) is 0 Å². The third-order valence-corrected chi connectivity index (χ3v) is 3.30. The number of hydrogen-bond acceptors (Lipinski definition) is 3. The van der Waals surface area contributed by atoms with Crippen molar-refractivity contribution in [3.63, 3.8) is 0 Å². The summed E-state index contributed by atoms with van der Waals surface area (Å²) >= 11 is 3.18. The summed E-state index contributed by atoms with van der Waals surface area (Å²) in [6.45, 7) is 1.68. The molecule has 0 bridgehead atoms.